The summed E-state index contributed by atoms with van der Waals surface area (Å²) in [6, 6.07) is 4.40. The summed E-state index contributed by atoms with van der Waals surface area (Å²) >= 11 is 0. The molecule has 1 aliphatic rings. The molecule has 1 fully saturated rings. The predicted molar refractivity (Wildman–Crippen MR) is 63.2 cm³/mol. The van der Waals surface area contributed by atoms with Crippen LogP contribution < -0.4 is 4.90 Å². The molecule has 1 aliphatic heterocycles. The van der Waals surface area contributed by atoms with E-state index >= 15 is 0 Å². The van der Waals surface area contributed by atoms with Gasteiger partial charge in [-0.1, -0.05) is 6.07 Å². The highest BCUT2D eigenvalue weighted by Crippen LogP contribution is 2.31. The van der Waals surface area contributed by atoms with Crippen molar-refractivity contribution in [2.24, 2.45) is 0 Å². The smallest absolute Gasteiger partial charge is 0.292 e. The number of rotatable bonds is 3. The fourth-order valence-electron chi connectivity index (χ4n) is 2.05. The Morgan fingerprint density at radius 1 is 1.33 bits per heavy atom. The summed E-state index contributed by atoms with van der Waals surface area (Å²) in [6.45, 7) is 0.0350. The molecule has 3 N–H and O–H groups in total. The maximum atomic E-state index is 11.0. The summed E-state index contributed by atoms with van der Waals surface area (Å²) in [5.41, 5.74) is 0.654. The van der Waals surface area contributed by atoms with Crippen molar-refractivity contribution in [3.8, 4) is 0 Å². The lowest BCUT2D eigenvalue weighted by atomic mass is 10.1. The molecule has 18 heavy (non-hydrogen) atoms. The van der Waals surface area contributed by atoms with Crippen LogP contribution in [-0.2, 0) is 6.61 Å². The Kier molecular flexibility index (Phi) is 3.46. The third-order valence-electron chi connectivity index (χ3n) is 3.02. The largest absolute Gasteiger partial charge is 0.392 e. The molecule has 2 atom stereocenters. The van der Waals surface area contributed by atoms with E-state index in [9.17, 15) is 20.3 Å². The first-order valence-electron chi connectivity index (χ1n) is 5.52. The molecular weight excluding hydrogens is 240 g/mol. The van der Waals surface area contributed by atoms with Crippen LogP contribution in [0.5, 0.6) is 0 Å². The van der Waals surface area contributed by atoms with Crippen LogP contribution in [0.1, 0.15) is 5.56 Å². The molecule has 0 spiro atoms. The number of aliphatic hydroxyl groups is 3. The summed E-state index contributed by atoms with van der Waals surface area (Å²) in [5, 5.41) is 38.9. The predicted octanol–water partition coefficient (Wildman–Crippen LogP) is -0.371. The Morgan fingerprint density at radius 2 is 1.94 bits per heavy atom. The zero-order chi connectivity index (χ0) is 13.3. The molecule has 0 radical (unpaired) electrons. The number of anilines is 1. The molecule has 2 unspecified atom stereocenters. The third-order valence-corrected chi connectivity index (χ3v) is 3.02. The summed E-state index contributed by atoms with van der Waals surface area (Å²) in [6.07, 6.45) is -1.80. The van der Waals surface area contributed by atoms with Gasteiger partial charge in [-0.15, -0.1) is 0 Å². The molecule has 2 rings (SSSR count). The minimum atomic E-state index is -0.901. The van der Waals surface area contributed by atoms with E-state index in [4.69, 9.17) is 5.11 Å². The van der Waals surface area contributed by atoms with Crippen molar-refractivity contribution in [1.29, 1.82) is 0 Å². The second-order valence-corrected chi connectivity index (χ2v) is 4.28. The number of β-amino-alcohol motifs (C(OH)–C–C–N with tert-alkyl or cyclic N) is 2. The molecule has 98 valence electrons. The van der Waals surface area contributed by atoms with Gasteiger partial charge in [0.1, 0.15) is 5.69 Å². The molecular formula is C11H14N2O5. The molecule has 0 aliphatic carbocycles. The molecule has 1 aromatic carbocycles. The quantitative estimate of drug-likeness (QED) is 0.502. The SMILES string of the molecule is O=[N+]([O-])c1cc(CO)ccc1N1CC(O)C(O)C1. The Bertz CT molecular complexity index is 455. The van der Waals surface area contributed by atoms with Crippen LogP contribution in [0.4, 0.5) is 11.4 Å². The van der Waals surface area contributed by atoms with E-state index in [1.165, 1.54) is 12.1 Å². The van der Waals surface area contributed by atoms with Crippen LogP contribution in [0.25, 0.3) is 0 Å². The number of aliphatic hydroxyl groups excluding tert-OH is 3. The van der Waals surface area contributed by atoms with Crippen LogP contribution >= 0.6 is 0 Å². The Morgan fingerprint density at radius 3 is 2.44 bits per heavy atom. The van der Waals surface area contributed by atoms with E-state index in [1.54, 1.807) is 11.0 Å². The van der Waals surface area contributed by atoms with Gasteiger partial charge < -0.3 is 20.2 Å². The summed E-state index contributed by atoms with van der Waals surface area (Å²) in [7, 11) is 0. The maximum absolute atomic E-state index is 11.0. The molecule has 0 aromatic heterocycles. The third kappa shape index (κ3) is 2.28. The van der Waals surface area contributed by atoms with Gasteiger partial charge in [0.15, 0.2) is 0 Å². The Hall–Kier alpha value is -1.70. The van der Waals surface area contributed by atoms with E-state index in [2.05, 4.69) is 0 Å². The van der Waals surface area contributed by atoms with Crippen LogP contribution in [0.3, 0.4) is 0 Å². The van der Waals surface area contributed by atoms with Gasteiger partial charge in [-0.25, -0.2) is 0 Å². The van der Waals surface area contributed by atoms with Gasteiger partial charge in [-0.3, -0.25) is 10.1 Å². The van der Waals surface area contributed by atoms with E-state index < -0.39 is 17.1 Å². The molecule has 7 heteroatoms. The van der Waals surface area contributed by atoms with Crippen LogP contribution in [0.15, 0.2) is 18.2 Å². The summed E-state index contributed by atoms with van der Waals surface area (Å²) in [5.74, 6) is 0. The van der Waals surface area contributed by atoms with Crippen molar-refractivity contribution >= 4 is 11.4 Å². The van der Waals surface area contributed by atoms with Gasteiger partial charge in [-0.05, 0) is 11.6 Å². The van der Waals surface area contributed by atoms with Crippen molar-refractivity contribution in [1.82, 2.24) is 0 Å². The molecule has 1 heterocycles. The van der Waals surface area contributed by atoms with Gasteiger partial charge in [-0.2, -0.15) is 0 Å². The van der Waals surface area contributed by atoms with Crippen molar-refractivity contribution in [2.45, 2.75) is 18.8 Å². The first kappa shape index (κ1) is 12.7. The highest BCUT2D eigenvalue weighted by atomic mass is 16.6. The Labute approximate surface area is 103 Å². The van der Waals surface area contributed by atoms with E-state index in [-0.39, 0.29) is 25.4 Å². The molecule has 7 nitrogen and oxygen atoms in total. The normalized spacial score (nSPS) is 23.4. The number of nitro groups is 1. The summed E-state index contributed by atoms with van der Waals surface area (Å²) in [4.78, 5) is 12.0. The number of benzene rings is 1. The fraction of sp³-hybridized carbons (Fsp3) is 0.455. The standard InChI is InChI=1S/C11H14N2O5/c14-6-7-1-2-8(9(3-7)13(17)18)12-4-10(15)11(16)5-12/h1-3,10-11,14-16H,4-6H2. The van der Waals surface area contributed by atoms with E-state index in [0.717, 1.165) is 0 Å². The number of nitrogens with zero attached hydrogens (tertiary/aromatic N) is 2. The lowest BCUT2D eigenvalue weighted by Crippen LogP contribution is -2.22. The maximum Gasteiger partial charge on any atom is 0.292 e. The van der Waals surface area contributed by atoms with Crippen molar-refractivity contribution < 1.29 is 20.2 Å². The van der Waals surface area contributed by atoms with E-state index in [0.29, 0.717) is 11.3 Å². The van der Waals surface area contributed by atoms with Gasteiger partial charge in [0.25, 0.3) is 5.69 Å². The Balaban J connectivity index is 2.35. The van der Waals surface area contributed by atoms with Crippen molar-refractivity contribution in [3.05, 3.63) is 33.9 Å². The molecule has 0 amide bonds. The van der Waals surface area contributed by atoms with Gasteiger partial charge in [0.05, 0.1) is 23.7 Å². The number of hydrogen-bond donors (Lipinski definition) is 3. The number of nitro benzene ring substituents is 1. The molecule has 0 saturated carbocycles. The zero-order valence-electron chi connectivity index (χ0n) is 9.56. The zero-order valence-corrected chi connectivity index (χ0v) is 9.56. The topological polar surface area (TPSA) is 107 Å². The van der Waals surface area contributed by atoms with Crippen LogP contribution in [0, 0.1) is 10.1 Å². The summed E-state index contributed by atoms with van der Waals surface area (Å²) < 4.78 is 0. The number of hydrogen-bond acceptors (Lipinski definition) is 6. The lowest BCUT2D eigenvalue weighted by Gasteiger charge is -2.17. The average molecular weight is 254 g/mol. The highest BCUT2D eigenvalue weighted by Gasteiger charge is 2.32. The highest BCUT2D eigenvalue weighted by molar-refractivity contribution is 5.65. The fourth-order valence-corrected chi connectivity index (χ4v) is 2.05. The minimum absolute atomic E-state index is 0.136. The van der Waals surface area contributed by atoms with Gasteiger partial charge in [0, 0.05) is 19.2 Å². The van der Waals surface area contributed by atoms with Gasteiger partial charge in [0.2, 0.25) is 0 Å². The first-order valence-corrected chi connectivity index (χ1v) is 5.52. The van der Waals surface area contributed by atoms with Crippen molar-refractivity contribution in [2.75, 3.05) is 18.0 Å². The first-order chi connectivity index (χ1) is 8.52. The van der Waals surface area contributed by atoms with Crippen LogP contribution in [-0.4, -0.2) is 45.5 Å². The van der Waals surface area contributed by atoms with Gasteiger partial charge >= 0.3 is 0 Å². The lowest BCUT2D eigenvalue weighted by molar-refractivity contribution is -0.384. The van der Waals surface area contributed by atoms with Crippen molar-refractivity contribution in [3.63, 3.8) is 0 Å². The van der Waals surface area contributed by atoms with E-state index in [1.807, 2.05) is 0 Å². The second kappa shape index (κ2) is 4.89. The monoisotopic (exact) mass is 254 g/mol. The molecule has 1 aromatic rings. The molecule has 1 saturated heterocycles. The average Bonchev–Trinajstić information content (AvgIpc) is 2.68. The second-order valence-electron chi connectivity index (χ2n) is 4.28. The molecule has 0 bridgehead atoms. The minimum Gasteiger partial charge on any atom is -0.392 e. The van der Waals surface area contributed by atoms with Crippen LogP contribution in [0.2, 0.25) is 0 Å².